The van der Waals surface area contributed by atoms with E-state index >= 15 is 0 Å². The number of hydrogen-bond donors (Lipinski definition) is 1. The van der Waals surface area contributed by atoms with Gasteiger partial charge in [-0.25, -0.2) is 9.97 Å². The zero-order valence-electron chi connectivity index (χ0n) is 11.1. The Morgan fingerprint density at radius 1 is 1.19 bits per heavy atom. The maximum Gasteiger partial charge on any atom is 0.132 e. The molecule has 1 aromatic rings. The van der Waals surface area contributed by atoms with Gasteiger partial charge in [-0.1, -0.05) is 13.8 Å². The third-order valence-electron chi connectivity index (χ3n) is 2.73. The summed E-state index contributed by atoms with van der Waals surface area (Å²) in [5.74, 6) is 2.66. The summed E-state index contributed by atoms with van der Waals surface area (Å²) in [7, 11) is 0. The summed E-state index contributed by atoms with van der Waals surface area (Å²) in [6.07, 6.45) is 2.12. The largest absolute Gasteiger partial charge is 0.370 e. The minimum Gasteiger partial charge on any atom is -0.370 e. The Labute approximate surface area is 98.7 Å². The summed E-state index contributed by atoms with van der Waals surface area (Å²) in [6.45, 7) is 11.6. The average molecular weight is 221 g/mol. The second-order valence-electron chi connectivity index (χ2n) is 4.66. The fourth-order valence-corrected chi connectivity index (χ4v) is 1.56. The van der Waals surface area contributed by atoms with Gasteiger partial charge in [0.05, 0.1) is 0 Å². The van der Waals surface area contributed by atoms with Gasteiger partial charge in [-0.2, -0.15) is 0 Å². The summed E-state index contributed by atoms with van der Waals surface area (Å²) >= 11 is 0. The van der Waals surface area contributed by atoms with Crippen LogP contribution in [0, 0.1) is 19.8 Å². The van der Waals surface area contributed by atoms with E-state index in [-0.39, 0.29) is 0 Å². The maximum absolute atomic E-state index is 4.57. The zero-order valence-corrected chi connectivity index (χ0v) is 11.1. The van der Waals surface area contributed by atoms with Gasteiger partial charge in [-0.3, -0.25) is 0 Å². The van der Waals surface area contributed by atoms with Crippen LogP contribution in [0.25, 0.3) is 0 Å². The fourth-order valence-electron chi connectivity index (χ4n) is 1.56. The monoisotopic (exact) mass is 221 g/mol. The lowest BCUT2D eigenvalue weighted by atomic mass is 10.1. The second kappa shape index (κ2) is 5.83. The molecule has 0 aliphatic rings. The number of aromatic nitrogens is 2. The molecule has 0 saturated heterocycles. The minimum absolute atomic E-state index is 0.702. The van der Waals surface area contributed by atoms with Crippen molar-refractivity contribution in [1.82, 2.24) is 9.97 Å². The van der Waals surface area contributed by atoms with Crippen LogP contribution in [0.4, 0.5) is 5.82 Å². The van der Waals surface area contributed by atoms with E-state index in [2.05, 4.69) is 49.9 Å². The molecular weight excluding hydrogens is 198 g/mol. The molecular formula is C13H23N3. The van der Waals surface area contributed by atoms with Crippen molar-refractivity contribution < 1.29 is 0 Å². The standard InChI is InChI=1S/C13H23N3/c1-6-14-13-10(4)11(5)15-12(16-13)8-7-9(2)3/h9H,6-8H2,1-5H3,(H,14,15,16). The molecule has 0 amide bonds. The number of nitrogens with zero attached hydrogens (tertiary/aromatic N) is 2. The molecule has 0 aliphatic heterocycles. The van der Waals surface area contributed by atoms with Gasteiger partial charge in [0.1, 0.15) is 11.6 Å². The number of nitrogens with one attached hydrogen (secondary N) is 1. The molecule has 3 nitrogen and oxygen atoms in total. The predicted octanol–water partition coefficient (Wildman–Crippen LogP) is 3.11. The van der Waals surface area contributed by atoms with Crippen molar-refractivity contribution in [2.75, 3.05) is 11.9 Å². The van der Waals surface area contributed by atoms with E-state index in [4.69, 9.17) is 0 Å². The van der Waals surface area contributed by atoms with Crippen molar-refractivity contribution in [3.8, 4) is 0 Å². The molecule has 0 atom stereocenters. The summed E-state index contributed by atoms with van der Waals surface area (Å²) in [5, 5.41) is 3.29. The number of aryl methyl sites for hydroxylation is 2. The topological polar surface area (TPSA) is 37.8 Å². The molecule has 0 unspecified atom stereocenters. The van der Waals surface area contributed by atoms with Crippen LogP contribution in [0.1, 0.15) is 44.3 Å². The van der Waals surface area contributed by atoms with Crippen LogP contribution in [-0.2, 0) is 6.42 Å². The quantitative estimate of drug-likeness (QED) is 0.830. The molecule has 16 heavy (non-hydrogen) atoms. The molecule has 0 bridgehead atoms. The molecule has 1 heterocycles. The number of rotatable bonds is 5. The first-order valence-electron chi connectivity index (χ1n) is 6.12. The van der Waals surface area contributed by atoms with Crippen molar-refractivity contribution in [3.63, 3.8) is 0 Å². The van der Waals surface area contributed by atoms with Gasteiger partial charge < -0.3 is 5.32 Å². The van der Waals surface area contributed by atoms with Gasteiger partial charge in [0.2, 0.25) is 0 Å². The van der Waals surface area contributed by atoms with Crippen LogP contribution >= 0.6 is 0 Å². The third kappa shape index (κ3) is 3.47. The van der Waals surface area contributed by atoms with Crippen molar-refractivity contribution in [2.24, 2.45) is 5.92 Å². The Morgan fingerprint density at radius 2 is 1.88 bits per heavy atom. The Hall–Kier alpha value is -1.12. The van der Waals surface area contributed by atoms with E-state index in [0.717, 1.165) is 42.3 Å². The van der Waals surface area contributed by atoms with Crippen LogP contribution < -0.4 is 5.32 Å². The molecule has 1 N–H and O–H groups in total. The second-order valence-corrected chi connectivity index (χ2v) is 4.66. The first-order valence-corrected chi connectivity index (χ1v) is 6.12. The first-order chi connectivity index (χ1) is 7.54. The normalized spacial score (nSPS) is 10.9. The zero-order chi connectivity index (χ0) is 12.1. The third-order valence-corrected chi connectivity index (χ3v) is 2.73. The highest BCUT2D eigenvalue weighted by atomic mass is 15.0. The molecule has 0 spiro atoms. The van der Waals surface area contributed by atoms with Crippen molar-refractivity contribution in [3.05, 3.63) is 17.1 Å². The van der Waals surface area contributed by atoms with Gasteiger partial charge in [0.15, 0.2) is 0 Å². The van der Waals surface area contributed by atoms with Crippen LogP contribution in [0.15, 0.2) is 0 Å². The van der Waals surface area contributed by atoms with Gasteiger partial charge in [-0.05, 0) is 33.1 Å². The summed E-state index contributed by atoms with van der Waals surface area (Å²) < 4.78 is 0. The van der Waals surface area contributed by atoms with E-state index in [1.54, 1.807) is 0 Å². The molecule has 0 radical (unpaired) electrons. The summed E-state index contributed by atoms with van der Waals surface area (Å²) in [6, 6.07) is 0. The van der Waals surface area contributed by atoms with Crippen LogP contribution in [0.5, 0.6) is 0 Å². The Kier molecular flexibility index (Phi) is 4.71. The van der Waals surface area contributed by atoms with E-state index in [0.29, 0.717) is 5.92 Å². The highest BCUT2D eigenvalue weighted by molar-refractivity contribution is 5.45. The number of anilines is 1. The van der Waals surface area contributed by atoms with Crippen molar-refractivity contribution in [2.45, 2.75) is 47.5 Å². The van der Waals surface area contributed by atoms with E-state index in [1.807, 2.05) is 0 Å². The fraction of sp³-hybridized carbons (Fsp3) is 0.692. The highest BCUT2D eigenvalue weighted by Gasteiger charge is 2.07. The molecule has 0 fully saturated rings. The van der Waals surface area contributed by atoms with E-state index in [1.165, 1.54) is 0 Å². The van der Waals surface area contributed by atoms with Crippen molar-refractivity contribution in [1.29, 1.82) is 0 Å². The predicted molar refractivity (Wildman–Crippen MR) is 68.8 cm³/mol. The molecule has 90 valence electrons. The van der Waals surface area contributed by atoms with Gasteiger partial charge >= 0.3 is 0 Å². The minimum atomic E-state index is 0.702. The lowest BCUT2D eigenvalue weighted by molar-refractivity contribution is 0.574. The van der Waals surface area contributed by atoms with E-state index < -0.39 is 0 Å². The smallest absolute Gasteiger partial charge is 0.132 e. The maximum atomic E-state index is 4.57. The summed E-state index contributed by atoms with van der Waals surface area (Å²) in [4.78, 5) is 9.11. The molecule has 1 rings (SSSR count). The van der Waals surface area contributed by atoms with Crippen LogP contribution in [0.3, 0.4) is 0 Å². The first kappa shape index (κ1) is 12.9. The Morgan fingerprint density at radius 3 is 2.44 bits per heavy atom. The molecule has 1 aromatic heterocycles. The molecule has 0 saturated carbocycles. The summed E-state index contributed by atoms with van der Waals surface area (Å²) in [5.41, 5.74) is 2.25. The molecule has 3 heteroatoms. The van der Waals surface area contributed by atoms with Crippen LogP contribution in [-0.4, -0.2) is 16.5 Å². The van der Waals surface area contributed by atoms with Crippen molar-refractivity contribution >= 4 is 5.82 Å². The average Bonchev–Trinajstić information content (AvgIpc) is 2.22. The van der Waals surface area contributed by atoms with Gasteiger partial charge in [-0.15, -0.1) is 0 Å². The lowest BCUT2D eigenvalue weighted by Crippen LogP contribution is -2.08. The molecule has 0 aromatic carbocycles. The number of hydrogen-bond acceptors (Lipinski definition) is 3. The Balaban J connectivity index is 2.86. The SMILES string of the molecule is CCNc1nc(CCC(C)C)nc(C)c1C. The van der Waals surface area contributed by atoms with Crippen LogP contribution in [0.2, 0.25) is 0 Å². The van der Waals surface area contributed by atoms with E-state index in [9.17, 15) is 0 Å². The van der Waals surface area contributed by atoms with Gasteiger partial charge in [0, 0.05) is 24.2 Å². The molecule has 0 aliphatic carbocycles. The lowest BCUT2D eigenvalue weighted by Gasteiger charge is -2.11. The highest BCUT2D eigenvalue weighted by Crippen LogP contribution is 2.16. The van der Waals surface area contributed by atoms with Gasteiger partial charge in [0.25, 0.3) is 0 Å². The Bertz CT molecular complexity index is 345.